The van der Waals surface area contributed by atoms with E-state index in [-0.39, 0.29) is 0 Å². The minimum atomic E-state index is 0.550. The van der Waals surface area contributed by atoms with Crippen LogP contribution in [0.25, 0.3) is 0 Å². The van der Waals surface area contributed by atoms with Crippen LogP contribution < -0.4 is 10.6 Å². The average Bonchev–Trinajstić information content (AvgIpc) is 2.29. The van der Waals surface area contributed by atoms with Crippen LogP contribution >= 0.6 is 0 Å². The molecule has 96 valence electrons. The summed E-state index contributed by atoms with van der Waals surface area (Å²) in [4.78, 5) is 12.6. The number of hydrogen-bond acceptors (Lipinski definition) is 7. The number of anilines is 2. The number of hydrogen-bond donors (Lipinski definition) is 2. The zero-order chi connectivity index (χ0) is 12.5. The predicted octanol–water partition coefficient (Wildman–Crippen LogP) is 0.297. The maximum atomic E-state index is 4.94. The molecule has 0 radical (unpaired) electrons. The van der Waals surface area contributed by atoms with Crippen molar-refractivity contribution >= 4 is 11.9 Å². The first-order chi connectivity index (χ1) is 8.26. The molecule has 0 saturated heterocycles. The first kappa shape index (κ1) is 13.6. The van der Waals surface area contributed by atoms with Crippen molar-refractivity contribution in [1.82, 2.24) is 15.0 Å². The molecule has 0 aliphatic carbocycles. The number of nitrogens with one attached hydrogen (secondary N) is 2. The lowest BCUT2D eigenvalue weighted by Gasteiger charge is -2.08. The van der Waals surface area contributed by atoms with Crippen LogP contribution in [0.15, 0.2) is 0 Å². The van der Waals surface area contributed by atoms with Gasteiger partial charge in [-0.2, -0.15) is 15.0 Å². The van der Waals surface area contributed by atoms with Gasteiger partial charge in [0.25, 0.3) is 0 Å². The second kappa shape index (κ2) is 7.75. The van der Waals surface area contributed by atoms with E-state index >= 15 is 0 Å². The maximum Gasteiger partial charge on any atom is 0.227 e. The van der Waals surface area contributed by atoms with Crippen LogP contribution in [0.1, 0.15) is 5.82 Å². The van der Waals surface area contributed by atoms with Gasteiger partial charge >= 0.3 is 0 Å². The van der Waals surface area contributed by atoms with Crippen LogP contribution in [-0.4, -0.2) is 55.5 Å². The fraction of sp³-hybridized carbons (Fsp3) is 0.700. The van der Waals surface area contributed by atoms with Crippen molar-refractivity contribution in [1.29, 1.82) is 0 Å². The lowest BCUT2D eigenvalue weighted by atomic mass is 10.6. The molecule has 0 aliphatic rings. The molecule has 0 atom stereocenters. The van der Waals surface area contributed by atoms with Crippen LogP contribution in [0.5, 0.6) is 0 Å². The molecule has 7 nitrogen and oxygen atoms in total. The molecule has 0 unspecified atom stereocenters. The Bertz CT molecular complexity index is 306. The number of aromatic nitrogens is 3. The quantitative estimate of drug-likeness (QED) is 0.633. The number of methoxy groups -OCH3 is 2. The van der Waals surface area contributed by atoms with Gasteiger partial charge in [-0.15, -0.1) is 0 Å². The van der Waals surface area contributed by atoms with Crippen molar-refractivity contribution in [3.63, 3.8) is 0 Å². The molecule has 0 bridgehead atoms. The van der Waals surface area contributed by atoms with E-state index in [0.717, 1.165) is 0 Å². The molecule has 2 N–H and O–H groups in total. The molecule has 0 spiro atoms. The summed E-state index contributed by atoms with van der Waals surface area (Å²) >= 11 is 0. The molecule has 1 aromatic heterocycles. The number of aryl methyl sites for hydroxylation is 1. The summed E-state index contributed by atoms with van der Waals surface area (Å²) in [7, 11) is 3.30. The predicted molar refractivity (Wildman–Crippen MR) is 65.3 cm³/mol. The molecular formula is C10H19N5O2. The highest BCUT2D eigenvalue weighted by Gasteiger charge is 2.02. The van der Waals surface area contributed by atoms with Gasteiger partial charge in [0.1, 0.15) is 5.82 Å². The van der Waals surface area contributed by atoms with E-state index in [2.05, 4.69) is 25.6 Å². The van der Waals surface area contributed by atoms with Gasteiger partial charge in [-0.05, 0) is 6.92 Å². The minimum Gasteiger partial charge on any atom is -0.383 e. The normalized spacial score (nSPS) is 10.3. The Morgan fingerprint density at radius 2 is 1.35 bits per heavy atom. The number of nitrogens with zero attached hydrogens (tertiary/aromatic N) is 3. The van der Waals surface area contributed by atoms with Gasteiger partial charge in [-0.25, -0.2) is 0 Å². The van der Waals surface area contributed by atoms with Gasteiger partial charge in [0.05, 0.1) is 13.2 Å². The molecule has 17 heavy (non-hydrogen) atoms. The Labute approximate surface area is 101 Å². The fourth-order valence-corrected chi connectivity index (χ4v) is 1.17. The smallest absolute Gasteiger partial charge is 0.227 e. The van der Waals surface area contributed by atoms with Crippen molar-refractivity contribution < 1.29 is 9.47 Å². The Morgan fingerprint density at radius 1 is 0.882 bits per heavy atom. The molecule has 1 heterocycles. The summed E-state index contributed by atoms with van der Waals surface area (Å²) in [6, 6.07) is 0. The van der Waals surface area contributed by atoms with E-state index in [0.29, 0.717) is 44.0 Å². The van der Waals surface area contributed by atoms with E-state index in [4.69, 9.17) is 9.47 Å². The first-order valence-corrected chi connectivity index (χ1v) is 5.44. The van der Waals surface area contributed by atoms with Crippen molar-refractivity contribution in [2.24, 2.45) is 0 Å². The van der Waals surface area contributed by atoms with Gasteiger partial charge in [-0.3, -0.25) is 0 Å². The Kier molecular flexibility index (Phi) is 6.19. The van der Waals surface area contributed by atoms with Crippen LogP contribution in [0.4, 0.5) is 11.9 Å². The van der Waals surface area contributed by atoms with E-state index in [1.54, 1.807) is 14.2 Å². The van der Waals surface area contributed by atoms with E-state index in [1.807, 2.05) is 6.92 Å². The highest BCUT2D eigenvalue weighted by Crippen LogP contribution is 2.04. The molecule has 0 saturated carbocycles. The van der Waals surface area contributed by atoms with Crippen molar-refractivity contribution in [2.45, 2.75) is 6.92 Å². The van der Waals surface area contributed by atoms with Crippen molar-refractivity contribution in [3.05, 3.63) is 5.82 Å². The zero-order valence-corrected chi connectivity index (χ0v) is 10.5. The van der Waals surface area contributed by atoms with E-state index < -0.39 is 0 Å². The highest BCUT2D eigenvalue weighted by molar-refractivity contribution is 5.34. The molecule has 0 amide bonds. The molecule has 0 fully saturated rings. The summed E-state index contributed by atoms with van der Waals surface area (Å²) in [5.74, 6) is 1.77. The third kappa shape index (κ3) is 5.41. The van der Waals surface area contributed by atoms with Crippen molar-refractivity contribution in [2.75, 3.05) is 51.2 Å². The molecule has 1 rings (SSSR count). The average molecular weight is 241 g/mol. The second-order valence-corrected chi connectivity index (χ2v) is 3.37. The Hall–Kier alpha value is -1.47. The second-order valence-electron chi connectivity index (χ2n) is 3.37. The third-order valence-corrected chi connectivity index (χ3v) is 1.93. The summed E-state index contributed by atoms with van der Waals surface area (Å²) in [5.41, 5.74) is 0. The maximum absolute atomic E-state index is 4.94. The molecular weight excluding hydrogens is 222 g/mol. The van der Waals surface area contributed by atoms with Gasteiger partial charge in [0.15, 0.2) is 0 Å². The summed E-state index contributed by atoms with van der Waals surface area (Å²) in [5, 5.41) is 6.12. The van der Waals surface area contributed by atoms with Crippen LogP contribution in [0.3, 0.4) is 0 Å². The van der Waals surface area contributed by atoms with Crippen LogP contribution in [0, 0.1) is 6.92 Å². The molecule has 1 aromatic rings. The SMILES string of the molecule is COCCNc1nc(C)nc(NCCOC)n1. The monoisotopic (exact) mass is 241 g/mol. The zero-order valence-electron chi connectivity index (χ0n) is 10.5. The Morgan fingerprint density at radius 3 is 1.76 bits per heavy atom. The van der Waals surface area contributed by atoms with E-state index in [1.165, 1.54) is 0 Å². The number of rotatable bonds is 8. The number of ether oxygens (including phenoxy) is 2. The summed E-state index contributed by atoms with van der Waals surface area (Å²) in [6.07, 6.45) is 0. The standard InChI is InChI=1S/C10H19N5O2/c1-8-13-9(11-4-6-16-2)15-10(14-8)12-5-7-17-3/h4-7H2,1-3H3,(H2,11,12,13,14,15). The van der Waals surface area contributed by atoms with Crippen molar-refractivity contribution in [3.8, 4) is 0 Å². The minimum absolute atomic E-state index is 0.550. The fourth-order valence-electron chi connectivity index (χ4n) is 1.17. The molecule has 0 aromatic carbocycles. The van der Waals surface area contributed by atoms with E-state index in [9.17, 15) is 0 Å². The lowest BCUT2D eigenvalue weighted by molar-refractivity contribution is 0.210. The lowest BCUT2D eigenvalue weighted by Crippen LogP contribution is -2.15. The summed E-state index contributed by atoms with van der Waals surface area (Å²) in [6.45, 7) is 4.37. The largest absolute Gasteiger partial charge is 0.383 e. The van der Waals surface area contributed by atoms with Gasteiger partial charge in [0, 0.05) is 27.3 Å². The van der Waals surface area contributed by atoms with Crippen LogP contribution in [-0.2, 0) is 9.47 Å². The summed E-state index contributed by atoms with van der Waals surface area (Å²) < 4.78 is 9.88. The van der Waals surface area contributed by atoms with Crippen LogP contribution in [0.2, 0.25) is 0 Å². The first-order valence-electron chi connectivity index (χ1n) is 5.44. The topological polar surface area (TPSA) is 81.2 Å². The third-order valence-electron chi connectivity index (χ3n) is 1.93. The molecule has 7 heteroatoms. The Balaban J connectivity index is 2.53. The van der Waals surface area contributed by atoms with Gasteiger partial charge in [-0.1, -0.05) is 0 Å². The molecule has 0 aliphatic heterocycles. The van der Waals surface area contributed by atoms with Gasteiger partial charge < -0.3 is 20.1 Å². The van der Waals surface area contributed by atoms with Gasteiger partial charge in [0.2, 0.25) is 11.9 Å². The highest BCUT2D eigenvalue weighted by atomic mass is 16.5.